The van der Waals surface area contributed by atoms with Gasteiger partial charge >= 0.3 is 6.18 Å². The molecular weight excluding hydrogens is 539 g/mol. The zero-order valence-electron chi connectivity index (χ0n) is 19.5. The van der Waals surface area contributed by atoms with Crippen LogP contribution in [0.25, 0.3) is 0 Å². The Hall–Kier alpha value is -3.21. The number of halogens is 4. The van der Waals surface area contributed by atoms with E-state index in [9.17, 15) is 18.0 Å². The maximum Gasteiger partial charge on any atom is 0.410 e. The van der Waals surface area contributed by atoms with Gasteiger partial charge in [-0.1, -0.05) is 40.2 Å². The number of alkyl halides is 3. The van der Waals surface area contributed by atoms with Crippen molar-refractivity contribution >= 4 is 33.3 Å². The molecule has 3 heterocycles. The normalized spacial score (nSPS) is 20.0. The van der Waals surface area contributed by atoms with Crippen molar-refractivity contribution in [1.82, 2.24) is 14.7 Å². The van der Waals surface area contributed by atoms with Crippen LogP contribution in [0.5, 0.6) is 5.75 Å². The van der Waals surface area contributed by atoms with Crippen LogP contribution >= 0.6 is 15.9 Å². The molecule has 11 heteroatoms. The number of carbonyl (C=O) groups excluding carboxylic acids is 1. The first-order chi connectivity index (χ1) is 17.3. The van der Waals surface area contributed by atoms with Crippen LogP contribution in [0.1, 0.15) is 34.4 Å². The molecule has 2 aromatic carbocycles. The highest BCUT2D eigenvalue weighted by atomic mass is 79.9. The van der Waals surface area contributed by atoms with Gasteiger partial charge in [0.05, 0.1) is 25.0 Å². The monoisotopic (exact) mass is 563 g/mol. The number of ether oxygens (including phenoxy) is 1. The molecule has 1 N–H and O–H groups in total. The standard InChI is InChI=1S/C25H25BrF3N5O2/c1-36-21-5-3-2-4-20(21)32-10-12-33(13-11-32)24(35)18-15-30-34-22(25(27,28)29)14-19(31-23(18)34)16-6-8-17(26)9-7-16/h2-9,15,19,22,31H,10-14H2,1H3/t19-,22+/m1/s1. The van der Waals surface area contributed by atoms with Crippen LogP contribution in [0, 0.1) is 0 Å². The molecule has 1 saturated heterocycles. The first-order valence-electron chi connectivity index (χ1n) is 11.6. The highest BCUT2D eigenvalue weighted by molar-refractivity contribution is 9.10. The summed E-state index contributed by atoms with van der Waals surface area (Å²) >= 11 is 3.36. The Bertz CT molecular complexity index is 1240. The van der Waals surface area contributed by atoms with Gasteiger partial charge in [-0.2, -0.15) is 18.3 Å². The summed E-state index contributed by atoms with van der Waals surface area (Å²) in [4.78, 5) is 17.2. The van der Waals surface area contributed by atoms with E-state index in [1.165, 1.54) is 6.20 Å². The summed E-state index contributed by atoms with van der Waals surface area (Å²) in [6, 6.07) is 12.4. The zero-order chi connectivity index (χ0) is 25.4. The molecule has 1 fully saturated rings. The van der Waals surface area contributed by atoms with E-state index in [0.717, 1.165) is 20.6 Å². The van der Waals surface area contributed by atoms with Crippen LogP contribution in [0.15, 0.2) is 59.2 Å². The largest absolute Gasteiger partial charge is 0.495 e. The topological polar surface area (TPSA) is 62.6 Å². The van der Waals surface area contributed by atoms with Crippen molar-refractivity contribution in [3.63, 3.8) is 0 Å². The lowest BCUT2D eigenvalue weighted by molar-refractivity contribution is -0.173. The average Bonchev–Trinajstić information content (AvgIpc) is 3.31. The maximum atomic E-state index is 14.0. The number of anilines is 2. The summed E-state index contributed by atoms with van der Waals surface area (Å²) in [7, 11) is 1.62. The quantitative estimate of drug-likeness (QED) is 0.468. The molecule has 7 nitrogen and oxygen atoms in total. The molecule has 0 saturated carbocycles. The SMILES string of the molecule is COc1ccccc1N1CCN(C(=O)c2cnn3c2N[C@@H](c2ccc(Br)cc2)C[C@H]3C(F)(F)F)CC1. The molecule has 2 aliphatic rings. The van der Waals surface area contributed by atoms with Crippen molar-refractivity contribution in [3.05, 3.63) is 70.3 Å². The van der Waals surface area contributed by atoms with Gasteiger partial charge in [-0.15, -0.1) is 0 Å². The molecule has 3 aromatic rings. The van der Waals surface area contributed by atoms with Crippen LogP contribution < -0.4 is 15.0 Å². The number of carbonyl (C=O) groups is 1. The number of methoxy groups -OCH3 is 1. The van der Waals surface area contributed by atoms with Crippen LogP contribution in [-0.4, -0.2) is 60.1 Å². The number of nitrogens with one attached hydrogen (secondary N) is 1. The number of fused-ring (bicyclic) bond motifs is 1. The Labute approximate surface area is 214 Å². The lowest BCUT2D eigenvalue weighted by Gasteiger charge is -2.37. The Morgan fingerprint density at radius 1 is 1.08 bits per heavy atom. The number of nitrogens with zero attached hydrogens (tertiary/aromatic N) is 4. The van der Waals surface area contributed by atoms with E-state index >= 15 is 0 Å². The second-order valence-electron chi connectivity index (χ2n) is 8.84. The summed E-state index contributed by atoms with van der Waals surface area (Å²) in [5.74, 6) is 0.527. The number of rotatable bonds is 4. The molecule has 0 aliphatic carbocycles. The minimum Gasteiger partial charge on any atom is -0.495 e. The minimum absolute atomic E-state index is 0.105. The van der Waals surface area contributed by atoms with Gasteiger partial charge in [0.25, 0.3) is 5.91 Å². The van der Waals surface area contributed by atoms with Gasteiger partial charge in [-0.3, -0.25) is 4.79 Å². The fraction of sp³-hybridized carbons (Fsp3) is 0.360. The van der Waals surface area contributed by atoms with Crippen molar-refractivity contribution in [2.75, 3.05) is 43.5 Å². The lowest BCUT2D eigenvalue weighted by atomic mass is 9.96. The zero-order valence-corrected chi connectivity index (χ0v) is 21.1. The summed E-state index contributed by atoms with van der Waals surface area (Å²) in [5.41, 5.74) is 1.81. The fourth-order valence-electron chi connectivity index (χ4n) is 4.84. The molecule has 36 heavy (non-hydrogen) atoms. The van der Waals surface area contributed by atoms with E-state index in [0.29, 0.717) is 31.7 Å². The number of piperazine rings is 1. The Morgan fingerprint density at radius 2 is 1.78 bits per heavy atom. The summed E-state index contributed by atoms with van der Waals surface area (Å²) in [6.45, 7) is 2.02. The minimum atomic E-state index is -4.50. The summed E-state index contributed by atoms with van der Waals surface area (Å²) in [5, 5.41) is 7.16. The number of para-hydroxylation sites is 2. The van der Waals surface area contributed by atoms with E-state index in [1.54, 1.807) is 36.3 Å². The Kier molecular flexibility index (Phi) is 6.59. The van der Waals surface area contributed by atoms with E-state index in [1.807, 2.05) is 24.3 Å². The van der Waals surface area contributed by atoms with E-state index in [-0.39, 0.29) is 23.7 Å². The van der Waals surface area contributed by atoms with Crippen LogP contribution in [0.3, 0.4) is 0 Å². The molecule has 0 spiro atoms. The van der Waals surface area contributed by atoms with E-state index < -0.39 is 18.3 Å². The Morgan fingerprint density at radius 3 is 2.44 bits per heavy atom. The van der Waals surface area contributed by atoms with Gasteiger partial charge in [-0.25, -0.2) is 4.68 Å². The van der Waals surface area contributed by atoms with Crippen molar-refractivity contribution < 1.29 is 22.7 Å². The summed E-state index contributed by atoms with van der Waals surface area (Å²) in [6.07, 6.45) is -3.47. The third-order valence-corrected chi connectivity index (χ3v) is 7.26. The van der Waals surface area contributed by atoms with Gasteiger partial charge in [-0.05, 0) is 29.8 Å². The highest BCUT2D eigenvalue weighted by Crippen LogP contribution is 2.44. The van der Waals surface area contributed by atoms with Crippen molar-refractivity contribution in [3.8, 4) is 5.75 Å². The van der Waals surface area contributed by atoms with Crippen LogP contribution in [0.4, 0.5) is 24.7 Å². The predicted octanol–water partition coefficient (Wildman–Crippen LogP) is 5.28. The van der Waals surface area contributed by atoms with Gasteiger partial charge in [0.1, 0.15) is 17.1 Å². The molecule has 2 aliphatic heterocycles. The molecular formula is C25H25BrF3N5O2. The number of benzene rings is 2. The molecule has 0 bridgehead atoms. The molecule has 0 unspecified atom stereocenters. The van der Waals surface area contributed by atoms with Gasteiger partial charge < -0.3 is 19.9 Å². The van der Waals surface area contributed by atoms with E-state index in [4.69, 9.17) is 4.74 Å². The molecule has 1 aromatic heterocycles. The lowest BCUT2D eigenvalue weighted by Crippen LogP contribution is -2.49. The van der Waals surface area contributed by atoms with Crippen LogP contribution in [0.2, 0.25) is 0 Å². The smallest absolute Gasteiger partial charge is 0.410 e. The third-order valence-electron chi connectivity index (χ3n) is 6.73. The van der Waals surface area contributed by atoms with Gasteiger partial charge in [0.2, 0.25) is 0 Å². The molecule has 0 radical (unpaired) electrons. The second-order valence-corrected chi connectivity index (χ2v) is 9.76. The number of aromatic nitrogens is 2. The fourth-order valence-corrected chi connectivity index (χ4v) is 5.11. The first-order valence-corrected chi connectivity index (χ1v) is 12.4. The third kappa shape index (κ3) is 4.63. The summed E-state index contributed by atoms with van der Waals surface area (Å²) < 4.78 is 49.2. The molecule has 5 rings (SSSR count). The van der Waals surface area contributed by atoms with Crippen molar-refractivity contribution in [1.29, 1.82) is 0 Å². The Balaban J connectivity index is 1.37. The predicted molar refractivity (Wildman–Crippen MR) is 134 cm³/mol. The van der Waals surface area contributed by atoms with Crippen molar-refractivity contribution in [2.45, 2.75) is 24.7 Å². The maximum absolute atomic E-state index is 14.0. The number of hydrogen-bond donors (Lipinski definition) is 1. The number of amides is 1. The highest BCUT2D eigenvalue weighted by Gasteiger charge is 2.47. The second kappa shape index (κ2) is 9.68. The van der Waals surface area contributed by atoms with Gasteiger partial charge in [0.15, 0.2) is 6.04 Å². The number of hydrogen-bond acceptors (Lipinski definition) is 5. The first kappa shape index (κ1) is 24.5. The van der Waals surface area contributed by atoms with E-state index in [2.05, 4.69) is 31.2 Å². The molecule has 2 atom stereocenters. The van der Waals surface area contributed by atoms with Crippen molar-refractivity contribution in [2.24, 2.45) is 0 Å². The molecule has 190 valence electrons. The molecule has 1 amide bonds. The van der Waals surface area contributed by atoms with Gasteiger partial charge in [0, 0.05) is 37.1 Å². The van der Waals surface area contributed by atoms with Crippen LogP contribution in [-0.2, 0) is 0 Å². The average molecular weight is 564 g/mol.